The Hall–Kier alpha value is -2.83. The summed E-state index contributed by atoms with van der Waals surface area (Å²) in [5, 5.41) is 5.58. The molecule has 0 fully saturated rings. The summed E-state index contributed by atoms with van der Waals surface area (Å²) in [5.74, 6) is 0.707. The number of halogens is 1. The molecular weight excluding hydrogens is 394 g/mol. The number of ether oxygens (including phenoxy) is 1. The quantitative estimate of drug-likeness (QED) is 0.468. The maximum Gasteiger partial charge on any atom is 0.230 e. The Balaban J connectivity index is 1.48. The van der Waals surface area contributed by atoms with E-state index in [0.717, 1.165) is 33.3 Å². The van der Waals surface area contributed by atoms with E-state index in [9.17, 15) is 4.79 Å². The zero-order valence-corrected chi connectivity index (χ0v) is 16.8. The molecule has 0 unspecified atom stereocenters. The number of nitrogens with zero attached hydrogens (tertiary/aromatic N) is 2. The van der Waals surface area contributed by atoms with Crippen LogP contribution < -0.4 is 10.1 Å². The van der Waals surface area contributed by atoms with E-state index in [2.05, 4.69) is 10.3 Å². The Labute approximate surface area is 171 Å². The van der Waals surface area contributed by atoms with E-state index in [4.69, 9.17) is 16.3 Å². The van der Waals surface area contributed by atoms with Gasteiger partial charge in [0.25, 0.3) is 0 Å². The molecule has 0 saturated carbocycles. The largest absolute Gasteiger partial charge is 0.494 e. The van der Waals surface area contributed by atoms with Crippen molar-refractivity contribution in [2.45, 2.75) is 13.3 Å². The molecule has 0 aliphatic carbocycles. The summed E-state index contributed by atoms with van der Waals surface area (Å²) >= 11 is 7.47. The maximum absolute atomic E-state index is 12.5. The number of rotatable bonds is 6. The molecule has 2 heterocycles. The fourth-order valence-corrected chi connectivity index (χ4v) is 3.89. The first-order valence-electron chi connectivity index (χ1n) is 8.86. The predicted octanol–water partition coefficient (Wildman–Crippen LogP) is 5.30. The predicted molar refractivity (Wildman–Crippen MR) is 113 cm³/mol. The lowest BCUT2D eigenvalue weighted by molar-refractivity contribution is -0.115. The number of hydrogen-bond acceptors (Lipinski definition) is 4. The van der Waals surface area contributed by atoms with Crippen LogP contribution >= 0.6 is 22.9 Å². The second kappa shape index (κ2) is 8.04. The number of imidazole rings is 1. The molecule has 0 aliphatic heterocycles. The molecule has 2 aromatic carbocycles. The fraction of sp³-hybridized carbons (Fsp3) is 0.143. The maximum atomic E-state index is 12.5. The number of carbonyl (C=O) groups excluding carboxylic acids is 1. The van der Waals surface area contributed by atoms with Crippen LogP contribution in [0.5, 0.6) is 5.75 Å². The Kier molecular flexibility index (Phi) is 5.32. The van der Waals surface area contributed by atoms with Crippen LogP contribution in [0.2, 0.25) is 5.02 Å². The average molecular weight is 412 g/mol. The van der Waals surface area contributed by atoms with Gasteiger partial charge in [0.1, 0.15) is 5.75 Å². The third-order valence-corrected chi connectivity index (χ3v) is 5.35. The van der Waals surface area contributed by atoms with Gasteiger partial charge in [-0.2, -0.15) is 0 Å². The van der Waals surface area contributed by atoms with E-state index in [-0.39, 0.29) is 12.3 Å². The monoisotopic (exact) mass is 411 g/mol. The third-order valence-electron chi connectivity index (χ3n) is 4.21. The molecular formula is C21H18ClN3O2S. The summed E-state index contributed by atoms with van der Waals surface area (Å²) in [6, 6.07) is 14.9. The molecule has 142 valence electrons. The zero-order valence-electron chi connectivity index (χ0n) is 15.2. The van der Waals surface area contributed by atoms with Gasteiger partial charge in [0, 0.05) is 33.5 Å². The Morgan fingerprint density at radius 2 is 1.93 bits per heavy atom. The number of aromatic nitrogens is 2. The first-order chi connectivity index (χ1) is 13.6. The van der Waals surface area contributed by atoms with Crippen molar-refractivity contribution in [3.8, 4) is 17.0 Å². The summed E-state index contributed by atoms with van der Waals surface area (Å²) in [6.07, 6.45) is 2.22. The van der Waals surface area contributed by atoms with E-state index in [1.54, 1.807) is 0 Å². The summed E-state index contributed by atoms with van der Waals surface area (Å²) in [7, 11) is 0. The Bertz CT molecular complexity index is 1100. The summed E-state index contributed by atoms with van der Waals surface area (Å²) in [5.41, 5.74) is 3.49. The first kappa shape index (κ1) is 18.5. The minimum absolute atomic E-state index is 0.0781. The van der Waals surface area contributed by atoms with Crippen molar-refractivity contribution in [1.82, 2.24) is 9.38 Å². The van der Waals surface area contributed by atoms with Crippen LogP contribution in [0, 0.1) is 0 Å². The van der Waals surface area contributed by atoms with Crippen LogP contribution in [-0.4, -0.2) is 21.9 Å². The van der Waals surface area contributed by atoms with Crippen molar-refractivity contribution in [1.29, 1.82) is 0 Å². The number of nitrogens with one attached hydrogen (secondary N) is 1. The first-order valence-corrected chi connectivity index (χ1v) is 10.1. The SMILES string of the molecule is CCOc1ccc(NC(=O)Cc2csc3nc(-c4ccc(Cl)cc4)cn23)cc1. The molecule has 5 nitrogen and oxygen atoms in total. The van der Waals surface area contributed by atoms with E-state index in [1.807, 2.05) is 71.4 Å². The van der Waals surface area contributed by atoms with Crippen molar-refractivity contribution < 1.29 is 9.53 Å². The zero-order chi connectivity index (χ0) is 19.5. The summed E-state index contributed by atoms with van der Waals surface area (Å²) < 4.78 is 7.38. The molecule has 7 heteroatoms. The number of hydrogen-bond donors (Lipinski definition) is 1. The summed E-state index contributed by atoms with van der Waals surface area (Å²) in [4.78, 5) is 18.0. The molecule has 4 rings (SSSR count). The molecule has 2 aromatic heterocycles. The van der Waals surface area contributed by atoms with Crippen molar-refractivity contribution >= 4 is 39.5 Å². The van der Waals surface area contributed by atoms with Gasteiger partial charge in [0.2, 0.25) is 5.91 Å². The highest BCUT2D eigenvalue weighted by Crippen LogP contribution is 2.25. The van der Waals surface area contributed by atoms with Crippen LogP contribution in [0.25, 0.3) is 16.2 Å². The summed E-state index contributed by atoms with van der Waals surface area (Å²) in [6.45, 7) is 2.55. The second-order valence-electron chi connectivity index (χ2n) is 6.19. The average Bonchev–Trinajstić information content (AvgIpc) is 3.26. The lowest BCUT2D eigenvalue weighted by Crippen LogP contribution is -2.15. The van der Waals surface area contributed by atoms with Crippen molar-refractivity contribution in [2.24, 2.45) is 0 Å². The molecule has 0 radical (unpaired) electrons. The van der Waals surface area contributed by atoms with Crippen LogP contribution in [0.4, 0.5) is 5.69 Å². The van der Waals surface area contributed by atoms with Gasteiger partial charge in [0.05, 0.1) is 18.7 Å². The number of carbonyl (C=O) groups is 1. The molecule has 28 heavy (non-hydrogen) atoms. The van der Waals surface area contributed by atoms with Gasteiger partial charge >= 0.3 is 0 Å². The molecule has 1 amide bonds. The van der Waals surface area contributed by atoms with Crippen LogP contribution in [0.15, 0.2) is 60.1 Å². The molecule has 1 N–H and O–H groups in total. The van der Waals surface area contributed by atoms with Gasteiger partial charge < -0.3 is 10.1 Å². The standard InChI is InChI=1S/C21H18ClN3O2S/c1-2-27-18-9-7-16(8-10-18)23-20(26)11-17-13-28-21-24-19(12-25(17)21)14-3-5-15(22)6-4-14/h3-10,12-13H,2,11H2,1H3,(H,23,26). The van der Waals surface area contributed by atoms with Gasteiger partial charge in [-0.15, -0.1) is 11.3 Å². The number of thiazole rings is 1. The molecule has 0 aliphatic rings. The van der Waals surface area contributed by atoms with E-state index in [0.29, 0.717) is 11.6 Å². The van der Waals surface area contributed by atoms with E-state index >= 15 is 0 Å². The smallest absolute Gasteiger partial charge is 0.230 e. The minimum Gasteiger partial charge on any atom is -0.494 e. The number of benzene rings is 2. The van der Waals surface area contributed by atoms with Crippen LogP contribution in [0.1, 0.15) is 12.6 Å². The van der Waals surface area contributed by atoms with Gasteiger partial charge in [-0.1, -0.05) is 23.7 Å². The molecule has 0 spiro atoms. The molecule has 0 saturated heterocycles. The van der Waals surface area contributed by atoms with Crippen LogP contribution in [-0.2, 0) is 11.2 Å². The van der Waals surface area contributed by atoms with Gasteiger partial charge in [-0.05, 0) is 43.3 Å². The third kappa shape index (κ3) is 4.03. The molecule has 0 bridgehead atoms. The van der Waals surface area contributed by atoms with Gasteiger partial charge in [0.15, 0.2) is 4.96 Å². The lowest BCUT2D eigenvalue weighted by atomic mass is 10.2. The molecule has 4 aromatic rings. The number of fused-ring (bicyclic) bond motifs is 1. The second-order valence-corrected chi connectivity index (χ2v) is 7.47. The van der Waals surface area contributed by atoms with Gasteiger partial charge in [-0.25, -0.2) is 4.98 Å². The van der Waals surface area contributed by atoms with Gasteiger partial charge in [-0.3, -0.25) is 9.20 Å². The normalized spacial score (nSPS) is 10.9. The fourth-order valence-electron chi connectivity index (χ4n) is 2.89. The topological polar surface area (TPSA) is 55.6 Å². The Morgan fingerprint density at radius 3 is 2.64 bits per heavy atom. The molecule has 0 atom stereocenters. The van der Waals surface area contributed by atoms with E-state index in [1.165, 1.54) is 11.3 Å². The Morgan fingerprint density at radius 1 is 1.18 bits per heavy atom. The van der Waals surface area contributed by atoms with Crippen molar-refractivity contribution in [3.05, 3.63) is 70.8 Å². The van der Waals surface area contributed by atoms with E-state index < -0.39 is 0 Å². The minimum atomic E-state index is -0.0781. The highest BCUT2D eigenvalue weighted by Gasteiger charge is 2.13. The van der Waals surface area contributed by atoms with Crippen molar-refractivity contribution in [2.75, 3.05) is 11.9 Å². The number of anilines is 1. The highest BCUT2D eigenvalue weighted by atomic mass is 35.5. The van der Waals surface area contributed by atoms with Crippen LogP contribution in [0.3, 0.4) is 0 Å². The number of amides is 1. The lowest BCUT2D eigenvalue weighted by Gasteiger charge is -2.07. The highest BCUT2D eigenvalue weighted by molar-refractivity contribution is 7.15. The van der Waals surface area contributed by atoms with Crippen molar-refractivity contribution in [3.63, 3.8) is 0 Å².